The average molecular weight is 243 g/mol. The number of nitrogens with one attached hydrogen (secondary N) is 2. The number of aliphatic hydroxyl groups excluding tert-OH is 1. The quantitative estimate of drug-likeness (QED) is 0.543. The molecule has 0 saturated carbocycles. The summed E-state index contributed by atoms with van der Waals surface area (Å²) >= 11 is 0. The fourth-order valence-corrected chi connectivity index (χ4v) is 2.24. The third-order valence-corrected chi connectivity index (χ3v) is 3.27. The first-order chi connectivity index (χ1) is 8.15. The average Bonchev–Trinajstić information content (AvgIpc) is 2.73. The van der Waals surface area contributed by atoms with Gasteiger partial charge in [0.2, 0.25) is 5.91 Å². The Morgan fingerprint density at radius 2 is 2.47 bits per heavy atom. The van der Waals surface area contributed by atoms with Crippen molar-refractivity contribution in [2.24, 2.45) is 0 Å². The summed E-state index contributed by atoms with van der Waals surface area (Å²) in [5.74, 6) is -0.0432. The Morgan fingerprint density at radius 1 is 1.65 bits per heavy atom. The van der Waals surface area contributed by atoms with Crippen molar-refractivity contribution < 1.29 is 14.6 Å². The third-order valence-electron chi connectivity index (χ3n) is 3.27. The van der Waals surface area contributed by atoms with Crippen LogP contribution in [0.4, 0.5) is 0 Å². The monoisotopic (exact) mass is 243 g/mol. The maximum atomic E-state index is 11.8. The number of nitrogens with zero attached hydrogens (tertiary/aromatic N) is 1. The minimum Gasteiger partial charge on any atom is -0.392 e. The number of aliphatic hydroxyl groups is 1. The van der Waals surface area contributed by atoms with Gasteiger partial charge in [0.25, 0.3) is 0 Å². The van der Waals surface area contributed by atoms with Crippen LogP contribution >= 0.6 is 0 Å². The fraction of sp³-hybridized carbons (Fsp3) is 0.909. The molecule has 2 aliphatic rings. The number of amides is 1. The SMILES string of the molecule is CN1CCOC(CNC(=O)C2CC(O)CN2)C1. The predicted octanol–water partition coefficient (Wildman–Crippen LogP) is -1.84. The van der Waals surface area contributed by atoms with Crippen molar-refractivity contribution in [1.82, 2.24) is 15.5 Å². The minimum atomic E-state index is -0.400. The van der Waals surface area contributed by atoms with E-state index < -0.39 is 6.10 Å². The molecule has 98 valence electrons. The van der Waals surface area contributed by atoms with Crippen LogP contribution in [0.2, 0.25) is 0 Å². The second kappa shape index (κ2) is 5.77. The summed E-state index contributed by atoms with van der Waals surface area (Å²) in [5.41, 5.74) is 0. The van der Waals surface area contributed by atoms with Crippen LogP contribution < -0.4 is 10.6 Å². The van der Waals surface area contributed by atoms with Crippen molar-refractivity contribution in [3.63, 3.8) is 0 Å². The molecular formula is C11H21N3O3. The standard InChI is InChI=1S/C11H21N3O3/c1-14-2-3-17-9(7-14)6-13-11(16)10-4-8(15)5-12-10/h8-10,12,15H,2-7H2,1H3,(H,13,16). The van der Waals surface area contributed by atoms with Gasteiger partial charge in [-0.15, -0.1) is 0 Å². The highest BCUT2D eigenvalue weighted by Crippen LogP contribution is 2.06. The Kier molecular flexibility index (Phi) is 4.33. The van der Waals surface area contributed by atoms with Gasteiger partial charge in [-0.25, -0.2) is 0 Å². The lowest BCUT2D eigenvalue weighted by Crippen LogP contribution is -2.48. The van der Waals surface area contributed by atoms with Gasteiger partial charge in [0.15, 0.2) is 0 Å². The molecule has 6 nitrogen and oxygen atoms in total. The Labute approximate surface area is 101 Å². The van der Waals surface area contributed by atoms with Crippen LogP contribution in [0.3, 0.4) is 0 Å². The molecule has 0 aliphatic carbocycles. The fourth-order valence-electron chi connectivity index (χ4n) is 2.24. The number of hydrogen-bond acceptors (Lipinski definition) is 5. The maximum Gasteiger partial charge on any atom is 0.237 e. The summed E-state index contributed by atoms with van der Waals surface area (Å²) in [6.45, 7) is 3.55. The number of ether oxygens (including phenoxy) is 1. The molecule has 3 N–H and O–H groups in total. The second-order valence-electron chi connectivity index (χ2n) is 4.85. The zero-order valence-corrected chi connectivity index (χ0v) is 10.2. The largest absolute Gasteiger partial charge is 0.392 e. The van der Waals surface area contributed by atoms with Gasteiger partial charge >= 0.3 is 0 Å². The molecule has 6 heteroatoms. The molecule has 1 amide bonds. The van der Waals surface area contributed by atoms with E-state index in [1.165, 1.54) is 0 Å². The van der Waals surface area contributed by atoms with Crippen LogP contribution in [-0.2, 0) is 9.53 Å². The first-order valence-electron chi connectivity index (χ1n) is 6.14. The van der Waals surface area contributed by atoms with Crippen LogP contribution in [0, 0.1) is 0 Å². The van der Waals surface area contributed by atoms with Crippen molar-refractivity contribution in [2.45, 2.75) is 24.7 Å². The van der Waals surface area contributed by atoms with Crippen LogP contribution in [-0.4, -0.2) is 74.0 Å². The molecule has 3 atom stereocenters. The van der Waals surface area contributed by atoms with E-state index in [9.17, 15) is 9.90 Å². The first-order valence-corrected chi connectivity index (χ1v) is 6.14. The smallest absolute Gasteiger partial charge is 0.237 e. The Bertz CT molecular complexity index is 275. The summed E-state index contributed by atoms with van der Waals surface area (Å²) in [4.78, 5) is 14.0. The Balaban J connectivity index is 1.69. The molecule has 0 aromatic rings. The summed E-state index contributed by atoms with van der Waals surface area (Å²) in [7, 11) is 2.05. The number of likely N-dealkylation sites (N-methyl/N-ethyl adjacent to an activating group) is 1. The molecule has 2 fully saturated rings. The van der Waals surface area contributed by atoms with Gasteiger partial charge in [0, 0.05) is 26.2 Å². The van der Waals surface area contributed by atoms with Gasteiger partial charge in [-0.3, -0.25) is 4.79 Å². The van der Waals surface area contributed by atoms with E-state index in [0.29, 0.717) is 19.5 Å². The summed E-state index contributed by atoms with van der Waals surface area (Å²) < 4.78 is 5.56. The number of carbonyl (C=O) groups excluding carboxylic acids is 1. The lowest BCUT2D eigenvalue weighted by atomic mass is 10.2. The Morgan fingerprint density at radius 3 is 3.12 bits per heavy atom. The highest BCUT2D eigenvalue weighted by atomic mass is 16.5. The second-order valence-corrected chi connectivity index (χ2v) is 4.85. The number of rotatable bonds is 3. The molecule has 0 radical (unpaired) electrons. The maximum absolute atomic E-state index is 11.8. The molecule has 17 heavy (non-hydrogen) atoms. The number of hydrogen-bond donors (Lipinski definition) is 3. The van der Waals surface area contributed by atoms with Crippen LogP contribution in [0.1, 0.15) is 6.42 Å². The van der Waals surface area contributed by atoms with E-state index in [-0.39, 0.29) is 18.1 Å². The van der Waals surface area contributed by atoms with E-state index in [2.05, 4.69) is 15.5 Å². The highest BCUT2D eigenvalue weighted by molar-refractivity contribution is 5.82. The predicted molar refractivity (Wildman–Crippen MR) is 62.7 cm³/mol. The summed E-state index contributed by atoms with van der Waals surface area (Å²) in [5, 5.41) is 15.2. The zero-order chi connectivity index (χ0) is 12.3. The van der Waals surface area contributed by atoms with E-state index in [0.717, 1.165) is 19.7 Å². The van der Waals surface area contributed by atoms with Gasteiger partial charge in [-0.2, -0.15) is 0 Å². The number of morpholine rings is 1. The van der Waals surface area contributed by atoms with E-state index in [1.807, 2.05) is 7.05 Å². The van der Waals surface area contributed by atoms with Gasteiger partial charge in [0.05, 0.1) is 24.9 Å². The molecule has 2 rings (SSSR count). The van der Waals surface area contributed by atoms with Gasteiger partial charge in [0.1, 0.15) is 0 Å². The molecule has 0 aromatic heterocycles. The van der Waals surface area contributed by atoms with E-state index in [4.69, 9.17) is 4.74 Å². The normalized spacial score (nSPS) is 34.8. The van der Waals surface area contributed by atoms with E-state index in [1.54, 1.807) is 0 Å². The first kappa shape index (κ1) is 12.8. The van der Waals surface area contributed by atoms with Crippen molar-refractivity contribution >= 4 is 5.91 Å². The molecule has 2 saturated heterocycles. The minimum absolute atomic E-state index is 0.0432. The number of β-amino-alcohol motifs (C(OH)–C–C–N with tert-alkyl or cyclic N) is 1. The molecule has 2 aliphatic heterocycles. The van der Waals surface area contributed by atoms with Crippen LogP contribution in [0.15, 0.2) is 0 Å². The van der Waals surface area contributed by atoms with Gasteiger partial charge in [-0.1, -0.05) is 0 Å². The van der Waals surface area contributed by atoms with Crippen LogP contribution in [0.5, 0.6) is 0 Å². The van der Waals surface area contributed by atoms with Crippen LogP contribution in [0.25, 0.3) is 0 Å². The summed E-state index contributed by atoms with van der Waals surface area (Å²) in [6.07, 6.45) is 0.170. The lowest BCUT2D eigenvalue weighted by Gasteiger charge is -2.30. The van der Waals surface area contributed by atoms with Crippen molar-refractivity contribution in [3.05, 3.63) is 0 Å². The molecule has 0 aromatic carbocycles. The molecule has 3 unspecified atom stereocenters. The highest BCUT2D eigenvalue weighted by Gasteiger charge is 2.28. The van der Waals surface area contributed by atoms with Crippen molar-refractivity contribution in [1.29, 1.82) is 0 Å². The molecule has 2 heterocycles. The van der Waals surface area contributed by atoms with E-state index >= 15 is 0 Å². The lowest BCUT2D eigenvalue weighted by molar-refractivity contribution is -0.124. The van der Waals surface area contributed by atoms with Crippen molar-refractivity contribution in [3.8, 4) is 0 Å². The summed E-state index contributed by atoms with van der Waals surface area (Å²) in [6, 6.07) is -0.258. The molecular weight excluding hydrogens is 222 g/mol. The molecule has 0 bridgehead atoms. The van der Waals surface area contributed by atoms with Gasteiger partial charge in [-0.05, 0) is 13.5 Å². The molecule has 0 spiro atoms. The topological polar surface area (TPSA) is 73.8 Å². The number of carbonyl (C=O) groups is 1. The van der Waals surface area contributed by atoms with Crippen molar-refractivity contribution in [2.75, 3.05) is 39.8 Å². The Hall–Kier alpha value is -0.690. The zero-order valence-electron chi connectivity index (χ0n) is 10.2. The third kappa shape index (κ3) is 3.64. The van der Waals surface area contributed by atoms with Gasteiger partial charge < -0.3 is 25.4 Å².